The van der Waals surface area contributed by atoms with Crippen molar-refractivity contribution in [1.82, 2.24) is 4.98 Å². The normalized spacial score (nSPS) is 10.7. The van der Waals surface area contributed by atoms with Crippen molar-refractivity contribution in [3.05, 3.63) is 52.7 Å². The highest BCUT2D eigenvalue weighted by molar-refractivity contribution is 7.99. The van der Waals surface area contributed by atoms with E-state index in [1.807, 2.05) is 6.20 Å². The third-order valence-corrected chi connectivity index (χ3v) is 4.16. The maximum absolute atomic E-state index is 5.62. The van der Waals surface area contributed by atoms with Crippen LogP contribution in [0.1, 0.15) is 22.3 Å². The second-order valence-corrected chi connectivity index (χ2v) is 5.57. The fraction of sp³-hybridized carbons (Fsp3) is 0.267. The number of aromatic nitrogens is 1. The molecule has 0 unspecified atom stereocenters. The number of hydrogen-bond donors (Lipinski definition) is 1. The highest BCUT2D eigenvalue weighted by atomic mass is 32.2. The minimum Gasteiger partial charge on any atom is -0.326 e. The Kier molecular flexibility index (Phi) is 4.04. The first-order valence-corrected chi connectivity index (χ1v) is 6.82. The Bertz CT molecular complexity index is 564. The lowest BCUT2D eigenvalue weighted by atomic mass is 10.2. The number of aryl methyl sites for hydroxylation is 3. The Morgan fingerprint density at radius 2 is 1.89 bits per heavy atom. The van der Waals surface area contributed by atoms with Crippen LogP contribution in [0.4, 0.5) is 0 Å². The summed E-state index contributed by atoms with van der Waals surface area (Å²) in [4.78, 5) is 5.75. The summed E-state index contributed by atoms with van der Waals surface area (Å²) in [5.74, 6) is 0. The Hall–Kier alpha value is -1.32. The molecule has 0 radical (unpaired) electrons. The van der Waals surface area contributed by atoms with E-state index in [9.17, 15) is 0 Å². The molecular formula is C15H18N2S. The van der Waals surface area contributed by atoms with Gasteiger partial charge in [0, 0.05) is 17.6 Å². The maximum atomic E-state index is 5.62. The summed E-state index contributed by atoms with van der Waals surface area (Å²) in [5, 5.41) is 1.05. The molecule has 0 atom stereocenters. The van der Waals surface area contributed by atoms with Gasteiger partial charge in [0.2, 0.25) is 0 Å². The van der Waals surface area contributed by atoms with Crippen molar-refractivity contribution in [2.24, 2.45) is 5.73 Å². The quantitative estimate of drug-likeness (QED) is 0.914. The van der Waals surface area contributed by atoms with Gasteiger partial charge < -0.3 is 5.73 Å². The van der Waals surface area contributed by atoms with Crippen LogP contribution in [0.25, 0.3) is 0 Å². The first kappa shape index (κ1) is 13.1. The Balaban J connectivity index is 2.28. The van der Waals surface area contributed by atoms with Gasteiger partial charge in [-0.1, -0.05) is 35.5 Å². The highest BCUT2D eigenvalue weighted by Gasteiger charge is 2.06. The lowest BCUT2D eigenvalue weighted by Gasteiger charge is -2.09. The third kappa shape index (κ3) is 2.92. The van der Waals surface area contributed by atoms with Gasteiger partial charge in [-0.25, -0.2) is 4.98 Å². The largest absolute Gasteiger partial charge is 0.326 e. The summed E-state index contributed by atoms with van der Waals surface area (Å²) >= 11 is 1.72. The number of hydrogen-bond acceptors (Lipinski definition) is 3. The molecule has 94 valence electrons. The molecule has 0 amide bonds. The average Bonchev–Trinajstić information content (AvgIpc) is 2.34. The van der Waals surface area contributed by atoms with E-state index in [1.165, 1.54) is 21.6 Å². The summed E-state index contributed by atoms with van der Waals surface area (Å²) in [6.07, 6.45) is 1.86. The standard InChI is InChI=1S/C15H18N2S/c1-10-4-5-14(11(2)6-10)18-15-12(3)7-13(8-16)9-17-15/h4-7,9H,8,16H2,1-3H3. The molecular weight excluding hydrogens is 240 g/mol. The predicted molar refractivity (Wildman–Crippen MR) is 76.9 cm³/mol. The zero-order valence-electron chi connectivity index (χ0n) is 11.0. The van der Waals surface area contributed by atoms with Crippen molar-refractivity contribution in [2.75, 3.05) is 0 Å². The summed E-state index contributed by atoms with van der Waals surface area (Å²) in [6, 6.07) is 8.61. The molecule has 1 heterocycles. The van der Waals surface area contributed by atoms with Gasteiger partial charge in [0.15, 0.2) is 0 Å². The molecule has 2 nitrogen and oxygen atoms in total. The van der Waals surface area contributed by atoms with Gasteiger partial charge in [-0.3, -0.25) is 0 Å². The predicted octanol–water partition coefficient (Wildman–Crippen LogP) is 3.62. The van der Waals surface area contributed by atoms with E-state index in [0.29, 0.717) is 6.54 Å². The van der Waals surface area contributed by atoms with Crippen LogP contribution < -0.4 is 5.73 Å². The van der Waals surface area contributed by atoms with E-state index >= 15 is 0 Å². The Morgan fingerprint density at radius 1 is 1.11 bits per heavy atom. The number of pyridine rings is 1. The first-order chi connectivity index (χ1) is 8.60. The number of nitrogens with zero attached hydrogens (tertiary/aromatic N) is 1. The van der Waals surface area contributed by atoms with Gasteiger partial charge in [-0.2, -0.15) is 0 Å². The molecule has 18 heavy (non-hydrogen) atoms. The molecule has 0 fully saturated rings. The summed E-state index contributed by atoms with van der Waals surface area (Å²) in [6.45, 7) is 6.88. The monoisotopic (exact) mass is 258 g/mol. The summed E-state index contributed by atoms with van der Waals surface area (Å²) in [7, 11) is 0. The molecule has 2 aromatic rings. The molecule has 0 saturated heterocycles. The molecule has 0 saturated carbocycles. The SMILES string of the molecule is Cc1ccc(Sc2ncc(CN)cc2C)c(C)c1. The minimum absolute atomic E-state index is 0.544. The number of nitrogens with two attached hydrogens (primary N) is 1. The molecule has 1 aromatic carbocycles. The molecule has 0 aliphatic carbocycles. The van der Waals surface area contributed by atoms with Crippen LogP contribution in [0, 0.1) is 20.8 Å². The van der Waals surface area contributed by atoms with Crippen LogP contribution in [0.3, 0.4) is 0 Å². The van der Waals surface area contributed by atoms with Crippen molar-refractivity contribution in [1.29, 1.82) is 0 Å². The van der Waals surface area contributed by atoms with E-state index in [-0.39, 0.29) is 0 Å². The van der Waals surface area contributed by atoms with Crippen LogP contribution in [0.15, 0.2) is 40.4 Å². The second-order valence-electron chi connectivity index (χ2n) is 4.54. The zero-order valence-corrected chi connectivity index (χ0v) is 11.8. The van der Waals surface area contributed by atoms with Gasteiger partial charge in [0.1, 0.15) is 5.03 Å². The number of rotatable bonds is 3. The van der Waals surface area contributed by atoms with E-state index in [2.05, 4.69) is 50.0 Å². The Labute approximate surface area is 113 Å². The zero-order chi connectivity index (χ0) is 13.1. The van der Waals surface area contributed by atoms with E-state index in [4.69, 9.17) is 5.73 Å². The smallest absolute Gasteiger partial charge is 0.104 e. The second kappa shape index (κ2) is 5.55. The average molecular weight is 258 g/mol. The van der Waals surface area contributed by atoms with Crippen molar-refractivity contribution in [3.63, 3.8) is 0 Å². The molecule has 0 spiro atoms. The van der Waals surface area contributed by atoms with E-state index in [0.717, 1.165) is 10.6 Å². The third-order valence-electron chi connectivity index (χ3n) is 2.86. The van der Waals surface area contributed by atoms with Crippen LogP contribution >= 0.6 is 11.8 Å². The first-order valence-electron chi connectivity index (χ1n) is 6.01. The van der Waals surface area contributed by atoms with Gasteiger partial charge in [-0.05, 0) is 43.5 Å². The summed E-state index contributed by atoms with van der Waals surface area (Å²) in [5.41, 5.74) is 10.5. The van der Waals surface area contributed by atoms with Gasteiger partial charge >= 0.3 is 0 Å². The van der Waals surface area contributed by atoms with Crippen LogP contribution in [-0.2, 0) is 6.54 Å². The molecule has 1 aromatic heterocycles. The number of benzene rings is 1. The highest BCUT2D eigenvalue weighted by Crippen LogP contribution is 2.31. The fourth-order valence-electron chi connectivity index (χ4n) is 1.86. The Morgan fingerprint density at radius 3 is 2.50 bits per heavy atom. The molecule has 2 rings (SSSR count). The minimum atomic E-state index is 0.544. The maximum Gasteiger partial charge on any atom is 0.104 e. The lowest BCUT2D eigenvalue weighted by Crippen LogP contribution is -1.98. The molecule has 0 aliphatic heterocycles. The fourth-order valence-corrected chi connectivity index (χ4v) is 2.75. The summed E-state index contributed by atoms with van der Waals surface area (Å²) < 4.78 is 0. The molecule has 3 heteroatoms. The van der Waals surface area contributed by atoms with E-state index < -0.39 is 0 Å². The van der Waals surface area contributed by atoms with Gasteiger partial charge in [0.25, 0.3) is 0 Å². The van der Waals surface area contributed by atoms with Gasteiger partial charge in [-0.15, -0.1) is 0 Å². The van der Waals surface area contributed by atoms with Crippen molar-refractivity contribution < 1.29 is 0 Å². The topological polar surface area (TPSA) is 38.9 Å². The van der Waals surface area contributed by atoms with E-state index in [1.54, 1.807) is 11.8 Å². The molecule has 0 bridgehead atoms. The molecule has 2 N–H and O–H groups in total. The van der Waals surface area contributed by atoms with Crippen LogP contribution in [-0.4, -0.2) is 4.98 Å². The van der Waals surface area contributed by atoms with Crippen molar-refractivity contribution in [3.8, 4) is 0 Å². The van der Waals surface area contributed by atoms with Crippen molar-refractivity contribution >= 4 is 11.8 Å². The van der Waals surface area contributed by atoms with Crippen molar-refractivity contribution in [2.45, 2.75) is 37.2 Å². The lowest BCUT2D eigenvalue weighted by molar-refractivity contribution is 0.988. The van der Waals surface area contributed by atoms with Crippen LogP contribution in [0.5, 0.6) is 0 Å². The van der Waals surface area contributed by atoms with Crippen LogP contribution in [0.2, 0.25) is 0 Å². The molecule has 0 aliphatic rings. The van der Waals surface area contributed by atoms with Gasteiger partial charge in [0.05, 0.1) is 0 Å².